The third-order valence-electron chi connectivity index (χ3n) is 3.54. The van der Waals surface area contributed by atoms with E-state index in [1.165, 1.54) is 5.56 Å². The number of rotatable bonds is 2. The molecule has 2 heteroatoms. The van der Waals surface area contributed by atoms with Crippen LogP contribution in [-0.2, 0) is 10.2 Å². The third-order valence-corrected chi connectivity index (χ3v) is 3.54. The Morgan fingerprint density at radius 3 is 2.41 bits per heavy atom. The highest BCUT2D eigenvalue weighted by Gasteiger charge is 2.32. The van der Waals surface area contributed by atoms with E-state index >= 15 is 0 Å². The molecule has 1 aliphatic carbocycles. The standard InChI is InChI=1S/C15H20O2/c1-15(2,3)10-5-8-14(17-4)12(9-10)11-6-7-13(11)16/h5,8-9,11H,6-7H2,1-4H3. The summed E-state index contributed by atoms with van der Waals surface area (Å²) in [6, 6.07) is 6.22. The molecule has 17 heavy (non-hydrogen) atoms. The summed E-state index contributed by atoms with van der Waals surface area (Å²) in [5.74, 6) is 1.25. The van der Waals surface area contributed by atoms with Crippen LogP contribution in [0.4, 0.5) is 0 Å². The quantitative estimate of drug-likeness (QED) is 0.780. The maximum Gasteiger partial charge on any atom is 0.140 e. The first-order valence-corrected chi connectivity index (χ1v) is 6.14. The zero-order valence-corrected chi connectivity index (χ0v) is 11.0. The molecule has 2 rings (SSSR count). The Balaban J connectivity index is 2.43. The van der Waals surface area contributed by atoms with Crippen LogP contribution in [0.5, 0.6) is 5.75 Å². The topological polar surface area (TPSA) is 26.3 Å². The molecule has 0 heterocycles. The summed E-state index contributed by atoms with van der Waals surface area (Å²) in [5.41, 5.74) is 2.43. The van der Waals surface area contributed by atoms with Crippen LogP contribution in [0.2, 0.25) is 0 Å². The minimum Gasteiger partial charge on any atom is -0.496 e. The number of carbonyl (C=O) groups excluding carboxylic acids is 1. The van der Waals surface area contributed by atoms with Crippen LogP contribution >= 0.6 is 0 Å². The number of carbonyl (C=O) groups is 1. The molecule has 92 valence electrons. The Labute approximate surface area is 103 Å². The molecule has 0 spiro atoms. The molecule has 0 amide bonds. The number of Topliss-reactive ketones (excluding diaryl/α,β-unsaturated/α-hetero) is 1. The summed E-state index contributed by atoms with van der Waals surface area (Å²) in [6.45, 7) is 6.55. The van der Waals surface area contributed by atoms with Crippen molar-refractivity contribution in [2.24, 2.45) is 0 Å². The van der Waals surface area contributed by atoms with Crippen molar-refractivity contribution in [3.8, 4) is 5.75 Å². The average molecular weight is 232 g/mol. The van der Waals surface area contributed by atoms with Crippen molar-refractivity contribution in [1.82, 2.24) is 0 Å². The molecule has 1 aromatic rings. The predicted molar refractivity (Wildman–Crippen MR) is 68.7 cm³/mol. The number of hydrogen-bond acceptors (Lipinski definition) is 2. The highest BCUT2D eigenvalue weighted by molar-refractivity contribution is 5.91. The zero-order valence-electron chi connectivity index (χ0n) is 11.0. The second-order valence-electron chi connectivity index (χ2n) is 5.76. The van der Waals surface area contributed by atoms with Crippen LogP contribution in [0.3, 0.4) is 0 Å². The predicted octanol–water partition coefficient (Wildman–Crippen LogP) is 3.44. The van der Waals surface area contributed by atoms with E-state index in [0.717, 1.165) is 17.7 Å². The molecule has 1 unspecified atom stereocenters. The smallest absolute Gasteiger partial charge is 0.140 e. The molecule has 1 aromatic carbocycles. The molecule has 0 N–H and O–H groups in total. The second-order valence-corrected chi connectivity index (χ2v) is 5.76. The fraction of sp³-hybridized carbons (Fsp3) is 0.533. The second kappa shape index (κ2) is 4.17. The first-order valence-electron chi connectivity index (χ1n) is 6.14. The highest BCUT2D eigenvalue weighted by atomic mass is 16.5. The Morgan fingerprint density at radius 1 is 1.29 bits per heavy atom. The Hall–Kier alpha value is -1.31. The Kier molecular flexibility index (Phi) is 2.98. The molecule has 0 saturated heterocycles. The van der Waals surface area contributed by atoms with Gasteiger partial charge in [-0.2, -0.15) is 0 Å². The SMILES string of the molecule is COc1ccc(C(C)(C)C)cc1C1CCC1=O. The van der Waals surface area contributed by atoms with Crippen molar-refractivity contribution in [1.29, 1.82) is 0 Å². The minimum atomic E-state index is 0.0623. The summed E-state index contributed by atoms with van der Waals surface area (Å²) in [6.07, 6.45) is 1.68. The van der Waals surface area contributed by atoms with Crippen LogP contribution in [-0.4, -0.2) is 12.9 Å². The minimum absolute atomic E-state index is 0.0623. The molecular weight excluding hydrogens is 212 g/mol. The molecular formula is C15H20O2. The first kappa shape index (κ1) is 12.2. The van der Waals surface area contributed by atoms with E-state index in [1.807, 2.05) is 6.07 Å². The Bertz CT molecular complexity index is 441. The molecule has 1 aliphatic rings. The van der Waals surface area contributed by atoms with Crippen molar-refractivity contribution < 1.29 is 9.53 Å². The molecule has 0 aliphatic heterocycles. The number of ketones is 1. The van der Waals surface area contributed by atoms with Gasteiger partial charge in [0.15, 0.2) is 0 Å². The molecule has 1 saturated carbocycles. The lowest BCUT2D eigenvalue weighted by atomic mass is 9.76. The van der Waals surface area contributed by atoms with Crippen molar-refractivity contribution >= 4 is 5.78 Å². The summed E-state index contributed by atoms with van der Waals surface area (Å²) < 4.78 is 5.37. The van der Waals surface area contributed by atoms with E-state index in [0.29, 0.717) is 12.2 Å². The van der Waals surface area contributed by atoms with Crippen molar-refractivity contribution in [3.63, 3.8) is 0 Å². The fourth-order valence-electron chi connectivity index (χ4n) is 2.21. The highest BCUT2D eigenvalue weighted by Crippen LogP contribution is 2.40. The van der Waals surface area contributed by atoms with E-state index in [4.69, 9.17) is 4.74 Å². The Morgan fingerprint density at radius 2 is 2.00 bits per heavy atom. The summed E-state index contributed by atoms with van der Waals surface area (Å²) in [5, 5.41) is 0. The van der Waals surface area contributed by atoms with Crippen molar-refractivity contribution in [3.05, 3.63) is 29.3 Å². The molecule has 0 radical (unpaired) electrons. The van der Waals surface area contributed by atoms with Gasteiger partial charge in [-0.1, -0.05) is 32.9 Å². The van der Waals surface area contributed by atoms with Gasteiger partial charge in [0.2, 0.25) is 0 Å². The number of benzene rings is 1. The van der Waals surface area contributed by atoms with E-state index in [-0.39, 0.29) is 11.3 Å². The van der Waals surface area contributed by atoms with Gasteiger partial charge in [-0.3, -0.25) is 4.79 Å². The van der Waals surface area contributed by atoms with Gasteiger partial charge >= 0.3 is 0 Å². The van der Waals surface area contributed by atoms with Crippen LogP contribution in [0, 0.1) is 0 Å². The maximum absolute atomic E-state index is 11.6. The van der Waals surface area contributed by atoms with Gasteiger partial charge in [0.1, 0.15) is 11.5 Å². The van der Waals surface area contributed by atoms with Gasteiger partial charge in [0, 0.05) is 17.9 Å². The van der Waals surface area contributed by atoms with Crippen molar-refractivity contribution in [2.75, 3.05) is 7.11 Å². The van der Waals surface area contributed by atoms with Gasteiger partial charge in [-0.05, 0) is 23.5 Å². The normalized spacial score (nSPS) is 20.0. The van der Waals surface area contributed by atoms with E-state index in [2.05, 4.69) is 32.9 Å². The van der Waals surface area contributed by atoms with Gasteiger partial charge in [-0.15, -0.1) is 0 Å². The average Bonchev–Trinajstić information content (AvgIpc) is 2.26. The van der Waals surface area contributed by atoms with Crippen LogP contribution in [0.15, 0.2) is 18.2 Å². The lowest BCUT2D eigenvalue weighted by Gasteiger charge is -2.28. The molecule has 0 aromatic heterocycles. The maximum atomic E-state index is 11.6. The van der Waals surface area contributed by atoms with E-state index in [9.17, 15) is 4.79 Å². The van der Waals surface area contributed by atoms with Crippen LogP contribution in [0.25, 0.3) is 0 Å². The number of ether oxygens (including phenoxy) is 1. The monoisotopic (exact) mass is 232 g/mol. The molecule has 1 atom stereocenters. The summed E-state index contributed by atoms with van der Waals surface area (Å²) >= 11 is 0. The van der Waals surface area contributed by atoms with E-state index < -0.39 is 0 Å². The lowest BCUT2D eigenvalue weighted by molar-refractivity contribution is -0.125. The number of methoxy groups -OCH3 is 1. The summed E-state index contributed by atoms with van der Waals surface area (Å²) in [4.78, 5) is 11.6. The van der Waals surface area contributed by atoms with Gasteiger partial charge in [0.05, 0.1) is 7.11 Å². The van der Waals surface area contributed by atoms with Gasteiger partial charge in [0.25, 0.3) is 0 Å². The fourth-order valence-corrected chi connectivity index (χ4v) is 2.21. The van der Waals surface area contributed by atoms with E-state index in [1.54, 1.807) is 7.11 Å². The lowest BCUT2D eigenvalue weighted by Crippen LogP contribution is -2.24. The van der Waals surface area contributed by atoms with Crippen LogP contribution < -0.4 is 4.74 Å². The first-order chi connectivity index (χ1) is 7.93. The van der Waals surface area contributed by atoms with Crippen molar-refractivity contribution in [2.45, 2.75) is 44.9 Å². The summed E-state index contributed by atoms with van der Waals surface area (Å²) in [7, 11) is 1.67. The van der Waals surface area contributed by atoms with Gasteiger partial charge in [-0.25, -0.2) is 0 Å². The molecule has 0 bridgehead atoms. The van der Waals surface area contributed by atoms with Crippen LogP contribution in [0.1, 0.15) is 50.7 Å². The molecule has 2 nitrogen and oxygen atoms in total. The molecule has 1 fully saturated rings. The number of hydrogen-bond donors (Lipinski definition) is 0. The van der Waals surface area contributed by atoms with Gasteiger partial charge < -0.3 is 4.74 Å². The largest absolute Gasteiger partial charge is 0.496 e. The third kappa shape index (κ3) is 2.21. The zero-order chi connectivity index (χ0) is 12.6.